The number of benzene rings is 1. The van der Waals surface area contributed by atoms with Gasteiger partial charge in [0, 0.05) is 6.54 Å². The van der Waals surface area contributed by atoms with Crippen molar-refractivity contribution >= 4 is 17.5 Å². The molecule has 18 heavy (non-hydrogen) atoms. The molecule has 1 heterocycles. The highest BCUT2D eigenvalue weighted by molar-refractivity contribution is 6.31. The van der Waals surface area contributed by atoms with Crippen molar-refractivity contribution in [2.24, 2.45) is 0 Å². The van der Waals surface area contributed by atoms with Crippen molar-refractivity contribution < 1.29 is 4.74 Å². The second-order valence-corrected chi connectivity index (χ2v) is 4.06. The van der Waals surface area contributed by atoms with E-state index in [1.807, 2.05) is 37.3 Å². The van der Waals surface area contributed by atoms with Gasteiger partial charge in [0.2, 0.25) is 11.8 Å². The molecule has 0 fully saturated rings. The Morgan fingerprint density at radius 2 is 2.06 bits per heavy atom. The van der Waals surface area contributed by atoms with E-state index >= 15 is 0 Å². The fourth-order valence-corrected chi connectivity index (χ4v) is 1.57. The van der Waals surface area contributed by atoms with Crippen LogP contribution in [0.4, 0.5) is 5.95 Å². The van der Waals surface area contributed by atoms with Crippen LogP contribution in [0.5, 0.6) is 5.88 Å². The Morgan fingerprint density at radius 3 is 2.78 bits per heavy atom. The predicted octanol–water partition coefficient (Wildman–Crippen LogP) is 3.14. The zero-order valence-electron chi connectivity index (χ0n) is 10.1. The van der Waals surface area contributed by atoms with Crippen LogP contribution in [0.2, 0.25) is 5.02 Å². The molecule has 0 saturated carbocycles. The monoisotopic (exact) mass is 263 g/mol. The zero-order chi connectivity index (χ0) is 12.8. The van der Waals surface area contributed by atoms with Crippen molar-refractivity contribution in [2.45, 2.75) is 13.5 Å². The van der Waals surface area contributed by atoms with E-state index in [1.54, 1.807) is 0 Å². The van der Waals surface area contributed by atoms with Crippen LogP contribution in [-0.2, 0) is 6.61 Å². The molecule has 0 aliphatic rings. The summed E-state index contributed by atoms with van der Waals surface area (Å²) in [6.45, 7) is 3.16. The summed E-state index contributed by atoms with van der Waals surface area (Å²) in [6, 6.07) is 9.86. The molecule has 2 aromatic rings. The van der Waals surface area contributed by atoms with Gasteiger partial charge >= 0.3 is 0 Å². The van der Waals surface area contributed by atoms with Gasteiger partial charge in [-0.2, -0.15) is 4.98 Å². The summed E-state index contributed by atoms with van der Waals surface area (Å²) in [7, 11) is 0. The third kappa shape index (κ3) is 3.34. The highest BCUT2D eigenvalue weighted by atomic mass is 35.5. The van der Waals surface area contributed by atoms with Gasteiger partial charge in [-0.25, -0.2) is 4.98 Å². The third-order valence-electron chi connectivity index (χ3n) is 2.27. The van der Waals surface area contributed by atoms with Crippen LogP contribution in [0.1, 0.15) is 12.5 Å². The first-order chi connectivity index (χ1) is 8.79. The molecule has 1 aromatic carbocycles. The summed E-state index contributed by atoms with van der Waals surface area (Å²) in [5.74, 6) is 0.913. The molecular weight excluding hydrogens is 250 g/mol. The molecule has 0 saturated heterocycles. The minimum Gasteiger partial charge on any atom is -0.472 e. The Hall–Kier alpha value is -1.81. The highest BCUT2D eigenvalue weighted by Gasteiger charge is 2.06. The van der Waals surface area contributed by atoms with Crippen molar-refractivity contribution in [3.05, 3.63) is 47.1 Å². The van der Waals surface area contributed by atoms with Gasteiger partial charge in [-0.05, 0) is 12.5 Å². The molecule has 0 aliphatic carbocycles. The van der Waals surface area contributed by atoms with E-state index in [4.69, 9.17) is 16.3 Å². The Labute approximate surface area is 111 Å². The van der Waals surface area contributed by atoms with Crippen molar-refractivity contribution in [3.8, 4) is 5.88 Å². The van der Waals surface area contributed by atoms with Gasteiger partial charge in [-0.15, -0.1) is 0 Å². The first kappa shape index (κ1) is 12.6. The van der Waals surface area contributed by atoms with Crippen LogP contribution in [0, 0.1) is 0 Å². The van der Waals surface area contributed by atoms with Crippen LogP contribution < -0.4 is 10.1 Å². The normalized spacial score (nSPS) is 10.1. The molecule has 94 valence electrons. The summed E-state index contributed by atoms with van der Waals surface area (Å²) in [6.07, 6.45) is 1.53. The first-order valence-corrected chi connectivity index (χ1v) is 6.10. The summed E-state index contributed by atoms with van der Waals surface area (Å²) in [5.41, 5.74) is 1.07. The van der Waals surface area contributed by atoms with Gasteiger partial charge in [0.1, 0.15) is 11.6 Å². The Morgan fingerprint density at radius 1 is 1.28 bits per heavy atom. The van der Waals surface area contributed by atoms with Crippen LogP contribution in [0.25, 0.3) is 0 Å². The number of halogens is 1. The van der Waals surface area contributed by atoms with E-state index in [0.29, 0.717) is 23.5 Å². The third-order valence-corrected chi connectivity index (χ3v) is 2.52. The lowest BCUT2D eigenvalue weighted by atomic mass is 10.2. The van der Waals surface area contributed by atoms with E-state index in [9.17, 15) is 0 Å². The van der Waals surface area contributed by atoms with E-state index in [2.05, 4.69) is 15.3 Å². The maximum absolute atomic E-state index is 5.98. The quantitative estimate of drug-likeness (QED) is 0.900. The van der Waals surface area contributed by atoms with E-state index < -0.39 is 0 Å². The fourth-order valence-electron chi connectivity index (χ4n) is 1.42. The lowest BCUT2D eigenvalue weighted by Crippen LogP contribution is -2.04. The minimum atomic E-state index is 0.395. The van der Waals surface area contributed by atoms with Gasteiger partial charge in [-0.3, -0.25) is 0 Å². The Balaban J connectivity index is 2.06. The lowest BCUT2D eigenvalue weighted by molar-refractivity contribution is 0.294. The summed E-state index contributed by atoms with van der Waals surface area (Å²) < 4.78 is 5.59. The van der Waals surface area contributed by atoms with Crippen LogP contribution in [0.15, 0.2) is 36.5 Å². The van der Waals surface area contributed by atoms with Gasteiger partial charge in [0.25, 0.3) is 0 Å². The van der Waals surface area contributed by atoms with Gasteiger partial charge < -0.3 is 10.1 Å². The number of rotatable bonds is 5. The molecule has 0 aliphatic heterocycles. The second-order valence-electron chi connectivity index (χ2n) is 3.65. The van der Waals surface area contributed by atoms with Crippen LogP contribution in [-0.4, -0.2) is 16.5 Å². The smallest absolute Gasteiger partial charge is 0.237 e. The van der Waals surface area contributed by atoms with E-state index in [-0.39, 0.29) is 0 Å². The van der Waals surface area contributed by atoms with Crippen molar-refractivity contribution in [1.82, 2.24) is 9.97 Å². The molecular formula is C13H14ClN3O. The van der Waals surface area contributed by atoms with E-state index in [1.165, 1.54) is 6.20 Å². The number of anilines is 1. The fraction of sp³-hybridized carbons (Fsp3) is 0.231. The van der Waals surface area contributed by atoms with Crippen molar-refractivity contribution in [1.29, 1.82) is 0 Å². The van der Waals surface area contributed by atoms with Gasteiger partial charge in [0.15, 0.2) is 0 Å². The second kappa shape index (κ2) is 6.21. The number of nitrogens with zero attached hydrogens (tertiary/aromatic N) is 2. The van der Waals surface area contributed by atoms with Gasteiger partial charge in [0.05, 0.1) is 6.20 Å². The van der Waals surface area contributed by atoms with Crippen LogP contribution in [0.3, 0.4) is 0 Å². The maximum atomic E-state index is 5.98. The Bertz CT molecular complexity index is 505. The van der Waals surface area contributed by atoms with Crippen molar-refractivity contribution in [2.75, 3.05) is 11.9 Å². The van der Waals surface area contributed by atoms with Crippen LogP contribution >= 0.6 is 11.6 Å². The zero-order valence-corrected chi connectivity index (χ0v) is 10.8. The molecule has 0 radical (unpaired) electrons. The molecule has 0 unspecified atom stereocenters. The molecule has 0 spiro atoms. The summed E-state index contributed by atoms with van der Waals surface area (Å²) in [5, 5.41) is 3.42. The number of hydrogen-bond donors (Lipinski definition) is 1. The molecule has 0 bridgehead atoms. The molecule has 5 heteroatoms. The Kier molecular flexibility index (Phi) is 4.36. The standard InChI is InChI=1S/C13H14ClN3O/c1-2-15-13-16-8-11(14)12(17-13)18-9-10-6-4-3-5-7-10/h3-8H,2,9H2,1H3,(H,15,16,17). The number of ether oxygens (including phenoxy) is 1. The number of hydrogen-bond acceptors (Lipinski definition) is 4. The summed E-state index contributed by atoms with van der Waals surface area (Å²) in [4.78, 5) is 8.25. The topological polar surface area (TPSA) is 47.0 Å². The molecule has 0 amide bonds. The van der Waals surface area contributed by atoms with E-state index in [0.717, 1.165) is 12.1 Å². The number of aromatic nitrogens is 2. The van der Waals surface area contributed by atoms with Gasteiger partial charge in [-0.1, -0.05) is 41.9 Å². The maximum Gasteiger partial charge on any atom is 0.237 e. The lowest BCUT2D eigenvalue weighted by Gasteiger charge is -2.08. The summed E-state index contributed by atoms with van der Waals surface area (Å²) >= 11 is 5.98. The molecule has 4 nitrogen and oxygen atoms in total. The predicted molar refractivity (Wildman–Crippen MR) is 72.0 cm³/mol. The molecule has 2 rings (SSSR count). The highest BCUT2D eigenvalue weighted by Crippen LogP contribution is 2.22. The molecule has 1 aromatic heterocycles. The molecule has 0 atom stereocenters. The average Bonchev–Trinajstić information content (AvgIpc) is 2.41. The largest absolute Gasteiger partial charge is 0.472 e. The van der Waals surface area contributed by atoms with Crippen molar-refractivity contribution in [3.63, 3.8) is 0 Å². The first-order valence-electron chi connectivity index (χ1n) is 5.72. The SMILES string of the molecule is CCNc1ncc(Cl)c(OCc2ccccc2)n1. The number of nitrogens with one attached hydrogen (secondary N) is 1. The average molecular weight is 264 g/mol. The molecule has 1 N–H and O–H groups in total. The minimum absolute atomic E-state index is 0.395.